The molecule has 1 aliphatic heterocycles. The van der Waals surface area contributed by atoms with E-state index in [4.69, 9.17) is 5.11 Å². The molecule has 0 radical (unpaired) electrons. The van der Waals surface area contributed by atoms with Crippen LogP contribution in [0.5, 0.6) is 0 Å². The predicted molar refractivity (Wildman–Crippen MR) is 42.6 cm³/mol. The van der Waals surface area contributed by atoms with E-state index in [2.05, 4.69) is 0 Å². The Morgan fingerprint density at radius 1 is 1.58 bits per heavy atom. The molecule has 0 bridgehead atoms. The Balaban J connectivity index is 2.75. The van der Waals surface area contributed by atoms with Crippen LogP contribution in [0.4, 0.5) is 0 Å². The molecule has 12 heavy (non-hydrogen) atoms. The van der Waals surface area contributed by atoms with E-state index in [0.717, 1.165) is 0 Å². The molecule has 0 aromatic carbocycles. The lowest BCUT2D eigenvalue weighted by Gasteiger charge is -2.46. The van der Waals surface area contributed by atoms with Crippen LogP contribution >= 0.6 is 0 Å². The van der Waals surface area contributed by atoms with Crippen LogP contribution in [0.1, 0.15) is 27.2 Å². The average Bonchev–Trinajstić information content (AvgIpc) is 1.77. The lowest BCUT2D eigenvalue weighted by Crippen LogP contribution is -2.63. The maximum Gasteiger partial charge on any atom is 0.326 e. The van der Waals surface area contributed by atoms with E-state index in [-0.39, 0.29) is 17.9 Å². The van der Waals surface area contributed by atoms with Gasteiger partial charge < -0.3 is 10.0 Å². The Bertz CT molecular complexity index is 229. The van der Waals surface area contributed by atoms with Crippen LogP contribution in [0.15, 0.2) is 0 Å². The molecule has 1 atom stereocenters. The molecule has 1 unspecified atom stereocenters. The van der Waals surface area contributed by atoms with Crippen molar-refractivity contribution in [2.75, 3.05) is 0 Å². The average molecular weight is 171 g/mol. The minimum atomic E-state index is -0.912. The molecular weight excluding hydrogens is 158 g/mol. The Hall–Kier alpha value is -1.06. The largest absolute Gasteiger partial charge is 0.480 e. The van der Waals surface area contributed by atoms with Crippen molar-refractivity contribution in [2.45, 2.75) is 38.8 Å². The first-order chi connectivity index (χ1) is 5.34. The SMILES string of the molecule is CC(C)(C)N1C(=O)CC1C(=O)O. The number of hydrogen-bond donors (Lipinski definition) is 1. The number of nitrogens with zero attached hydrogens (tertiary/aromatic N) is 1. The van der Waals surface area contributed by atoms with Crippen molar-refractivity contribution in [3.8, 4) is 0 Å². The molecule has 1 saturated heterocycles. The molecule has 0 aliphatic carbocycles. The van der Waals surface area contributed by atoms with Gasteiger partial charge in [0.05, 0.1) is 6.42 Å². The van der Waals surface area contributed by atoms with Crippen molar-refractivity contribution >= 4 is 11.9 Å². The first-order valence-corrected chi connectivity index (χ1v) is 3.89. The van der Waals surface area contributed by atoms with E-state index in [1.54, 1.807) is 0 Å². The van der Waals surface area contributed by atoms with E-state index < -0.39 is 12.0 Å². The molecular formula is C8H13NO3. The van der Waals surface area contributed by atoms with Crippen molar-refractivity contribution in [1.29, 1.82) is 0 Å². The highest BCUT2D eigenvalue weighted by molar-refractivity contribution is 5.94. The maximum atomic E-state index is 11.1. The van der Waals surface area contributed by atoms with E-state index >= 15 is 0 Å². The van der Waals surface area contributed by atoms with Gasteiger partial charge in [-0.2, -0.15) is 0 Å². The number of aliphatic carboxylic acids is 1. The second-order valence-corrected chi connectivity index (χ2v) is 3.99. The van der Waals surface area contributed by atoms with E-state index in [1.165, 1.54) is 4.90 Å². The summed E-state index contributed by atoms with van der Waals surface area (Å²) >= 11 is 0. The smallest absolute Gasteiger partial charge is 0.326 e. The summed E-state index contributed by atoms with van der Waals surface area (Å²) in [7, 11) is 0. The summed E-state index contributed by atoms with van der Waals surface area (Å²) in [6, 6.07) is -0.613. The zero-order valence-corrected chi connectivity index (χ0v) is 7.50. The number of hydrogen-bond acceptors (Lipinski definition) is 2. The van der Waals surface area contributed by atoms with Gasteiger partial charge in [0.1, 0.15) is 6.04 Å². The van der Waals surface area contributed by atoms with Gasteiger partial charge in [-0.3, -0.25) is 4.79 Å². The molecule has 0 aromatic heterocycles. The lowest BCUT2D eigenvalue weighted by atomic mass is 9.93. The number of carboxylic acid groups (broad SMARTS) is 1. The van der Waals surface area contributed by atoms with Gasteiger partial charge in [0.25, 0.3) is 0 Å². The summed E-state index contributed by atoms with van der Waals surface area (Å²) in [5, 5.41) is 8.69. The molecule has 1 heterocycles. The van der Waals surface area contributed by atoms with Crippen molar-refractivity contribution in [2.24, 2.45) is 0 Å². The Morgan fingerprint density at radius 3 is 2.25 bits per heavy atom. The van der Waals surface area contributed by atoms with Gasteiger partial charge in [-0.15, -0.1) is 0 Å². The Labute approximate surface area is 71.2 Å². The summed E-state index contributed by atoms with van der Waals surface area (Å²) in [6.07, 6.45) is 0.145. The summed E-state index contributed by atoms with van der Waals surface area (Å²) in [4.78, 5) is 23.1. The third-order valence-electron chi connectivity index (χ3n) is 1.96. The quantitative estimate of drug-likeness (QED) is 0.583. The van der Waals surface area contributed by atoms with E-state index in [1.807, 2.05) is 20.8 Å². The lowest BCUT2D eigenvalue weighted by molar-refractivity contribution is -0.169. The molecule has 1 aliphatic rings. The molecule has 0 aromatic rings. The van der Waals surface area contributed by atoms with Gasteiger partial charge in [0.2, 0.25) is 5.91 Å². The number of carbonyl (C=O) groups is 2. The van der Waals surface area contributed by atoms with Crippen LogP contribution in [0, 0.1) is 0 Å². The van der Waals surface area contributed by atoms with Crippen molar-refractivity contribution in [1.82, 2.24) is 4.90 Å². The van der Waals surface area contributed by atoms with Gasteiger partial charge in [-0.25, -0.2) is 4.79 Å². The van der Waals surface area contributed by atoms with Crippen LogP contribution in [0.3, 0.4) is 0 Å². The molecule has 0 spiro atoms. The standard InChI is InChI=1S/C8H13NO3/c1-8(2,3)9-5(7(11)12)4-6(9)10/h5H,4H2,1-3H3,(H,11,12). The fraction of sp³-hybridized carbons (Fsp3) is 0.750. The van der Waals surface area contributed by atoms with Crippen LogP contribution in [-0.4, -0.2) is 33.5 Å². The second kappa shape index (κ2) is 2.47. The molecule has 1 fully saturated rings. The molecule has 68 valence electrons. The van der Waals surface area contributed by atoms with Gasteiger partial charge in [0.15, 0.2) is 0 Å². The molecule has 1 N–H and O–H groups in total. The number of β-lactam (4-membered cyclic amide) rings is 1. The molecule has 4 nitrogen and oxygen atoms in total. The molecule has 1 rings (SSSR count). The Morgan fingerprint density at radius 2 is 2.08 bits per heavy atom. The predicted octanol–water partition coefficient (Wildman–Crippen LogP) is 0.470. The van der Waals surface area contributed by atoms with Crippen LogP contribution in [0.25, 0.3) is 0 Å². The molecule has 0 saturated carbocycles. The zero-order valence-electron chi connectivity index (χ0n) is 7.50. The first kappa shape index (κ1) is 9.03. The van der Waals surface area contributed by atoms with Crippen molar-refractivity contribution in [3.63, 3.8) is 0 Å². The van der Waals surface area contributed by atoms with Gasteiger partial charge in [-0.05, 0) is 20.8 Å². The van der Waals surface area contributed by atoms with E-state index in [9.17, 15) is 9.59 Å². The van der Waals surface area contributed by atoms with E-state index in [0.29, 0.717) is 0 Å². The van der Waals surface area contributed by atoms with Gasteiger partial charge >= 0.3 is 5.97 Å². The summed E-state index contributed by atoms with van der Waals surface area (Å²) < 4.78 is 0. The minimum absolute atomic E-state index is 0.0742. The van der Waals surface area contributed by atoms with Gasteiger partial charge in [-0.1, -0.05) is 0 Å². The third-order valence-corrected chi connectivity index (χ3v) is 1.96. The first-order valence-electron chi connectivity index (χ1n) is 3.89. The highest BCUT2D eigenvalue weighted by Crippen LogP contribution is 2.28. The monoisotopic (exact) mass is 171 g/mol. The summed E-state index contributed by atoms with van der Waals surface area (Å²) in [6.45, 7) is 5.50. The van der Waals surface area contributed by atoms with Gasteiger partial charge in [0, 0.05) is 5.54 Å². The fourth-order valence-electron chi connectivity index (χ4n) is 1.46. The summed E-state index contributed by atoms with van der Waals surface area (Å²) in [5.41, 5.74) is -0.377. The molecule has 1 amide bonds. The number of carboxylic acids is 1. The van der Waals surface area contributed by atoms with Crippen molar-refractivity contribution < 1.29 is 14.7 Å². The van der Waals surface area contributed by atoms with Crippen LogP contribution in [-0.2, 0) is 9.59 Å². The molecule has 4 heteroatoms. The van der Waals surface area contributed by atoms with Crippen LogP contribution < -0.4 is 0 Å². The van der Waals surface area contributed by atoms with Crippen molar-refractivity contribution in [3.05, 3.63) is 0 Å². The highest BCUT2D eigenvalue weighted by atomic mass is 16.4. The highest BCUT2D eigenvalue weighted by Gasteiger charge is 2.46. The fourth-order valence-corrected chi connectivity index (χ4v) is 1.46. The normalized spacial score (nSPS) is 23.8. The number of likely N-dealkylation sites (tertiary alicyclic amines) is 1. The zero-order chi connectivity index (χ0) is 9.52. The number of carbonyl (C=O) groups excluding carboxylic acids is 1. The Kier molecular flexibility index (Phi) is 1.86. The number of rotatable bonds is 1. The topological polar surface area (TPSA) is 57.6 Å². The van der Waals surface area contributed by atoms with Crippen LogP contribution in [0.2, 0.25) is 0 Å². The minimum Gasteiger partial charge on any atom is -0.480 e. The number of amides is 1. The third kappa shape index (κ3) is 1.29. The summed E-state index contributed by atoms with van der Waals surface area (Å²) in [5.74, 6) is -0.987. The maximum absolute atomic E-state index is 11.1. The second-order valence-electron chi connectivity index (χ2n) is 3.99.